The zero-order chi connectivity index (χ0) is 60.1. The maximum absolute atomic E-state index is 12.7. The molecular formula is C73H128NO8P. The van der Waals surface area contributed by atoms with Crippen LogP contribution >= 0.6 is 7.82 Å². The van der Waals surface area contributed by atoms with Crippen LogP contribution in [0.2, 0.25) is 0 Å². The van der Waals surface area contributed by atoms with Crippen LogP contribution in [0.4, 0.5) is 0 Å². The van der Waals surface area contributed by atoms with Gasteiger partial charge in [0.25, 0.3) is 0 Å². The largest absolute Gasteiger partial charge is 0.472 e. The van der Waals surface area contributed by atoms with Crippen LogP contribution in [0.3, 0.4) is 0 Å². The molecule has 0 aromatic heterocycles. The number of hydrogen-bond donors (Lipinski definition) is 2. The van der Waals surface area contributed by atoms with Gasteiger partial charge in [-0.25, -0.2) is 4.57 Å². The number of unbranched alkanes of at least 4 members (excludes halogenated alkanes) is 33. The van der Waals surface area contributed by atoms with Crippen LogP contribution in [-0.2, 0) is 32.7 Å². The van der Waals surface area contributed by atoms with Crippen LogP contribution < -0.4 is 5.73 Å². The van der Waals surface area contributed by atoms with E-state index in [9.17, 15) is 19.0 Å². The normalized spacial score (nSPS) is 13.6. The molecule has 3 N–H and O–H groups in total. The van der Waals surface area contributed by atoms with E-state index in [4.69, 9.17) is 24.3 Å². The molecule has 0 bridgehead atoms. The minimum atomic E-state index is -4.41. The maximum atomic E-state index is 12.7. The Morgan fingerprint density at radius 2 is 0.663 bits per heavy atom. The quantitative estimate of drug-likeness (QED) is 0.0264. The molecule has 2 unspecified atom stereocenters. The number of hydrogen-bond acceptors (Lipinski definition) is 8. The Hall–Kier alpha value is -3.33. The molecule has 0 radical (unpaired) electrons. The van der Waals surface area contributed by atoms with E-state index in [-0.39, 0.29) is 38.6 Å². The summed E-state index contributed by atoms with van der Waals surface area (Å²) in [5.41, 5.74) is 5.40. The minimum absolute atomic E-state index is 0.0444. The summed E-state index contributed by atoms with van der Waals surface area (Å²) in [4.78, 5) is 35.3. The number of rotatable bonds is 64. The molecule has 0 aromatic rings. The van der Waals surface area contributed by atoms with Gasteiger partial charge in [0.2, 0.25) is 0 Å². The Labute approximate surface area is 511 Å². The molecule has 0 heterocycles. The SMILES string of the molecule is CC/C=C\C/C=C\C/C=C\C/C=C\C/C=C\C/C=C\C/C=C\C/C=C\CCCCCCC(=O)OC(COC(=O)CCCCCCCCCCCCCCCCCCCCCCC/C=C\CCCCCCCCCC)COP(=O)(O)OCCN. The predicted molar refractivity (Wildman–Crippen MR) is 358 cm³/mol. The van der Waals surface area contributed by atoms with Crippen molar-refractivity contribution in [1.82, 2.24) is 0 Å². The number of phosphoric acid groups is 1. The van der Waals surface area contributed by atoms with Gasteiger partial charge in [0.05, 0.1) is 13.2 Å². The van der Waals surface area contributed by atoms with E-state index in [1.54, 1.807) is 0 Å². The molecule has 10 heteroatoms. The molecule has 0 aliphatic heterocycles. The first-order valence-corrected chi connectivity index (χ1v) is 35.9. The van der Waals surface area contributed by atoms with E-state index < -0.39 is 26.5 Å². The van der Waals surface area contributed by atoms with Crippen LogP contribution in [0, 0.1) is 0 Å². The third kappa shape index (κ3) is 67.7. The highest BCUT2D eigenvalue weighted by Gasteiger charge is 2.26. The summed E-state index contributed by atoms with van der Waals surface area (Å²) in [5.74, 6) is -0.853. The van der Waals surface area contributed by atoms with Crippen LogP contribution in [0.25, 0.3) is 0 Å². The van der Waals surface area contributed by atoms with E-state index in [1.165, 1.54) is 180 Å². The second kappa shape index (κ2) is 67.8. The van der Waals surface area contributed by atoms with Crippen LogP contribution in [-0.4, -0.2) is 49.3 Å². The van der Waals surface area contributed by atoms with Crippen molar-refractivity contribution in [3.63, 3.8) is 0 Å². The Balaban J connectivity index is 3.94. The first-order chi connectivity index (χ1) is 40.8. The molecule has 0 saturated carbocycles. The molecule has 0 saturated heterocycles. The Morgan fingerprint density at radius 3 is 1.00 bits per heavy atom. The Morgan fingerprint density at radius 1 is 0.373 bits per heavy atom. The summed E-state index contributed by atoms with van der Waals surface area (Å²) in [6.45, 7) is 3.62. The van der Waals surface area contributed by atoms with E-state index in [0.717, 1.165) is 96.3 Å². The van der Waals surface area contributed by atoms with Crippen LogP contribution in [0.1, 0.15) is 309 Å². The van der Waals surface area contributed by atoms with Crippen molar-refractivity contribution >= 4 is 19.8 Å². The number of esters is 2. The lowest BCUT2D eigenvalue weighted by molar-refractivity contribution is -0.161. The van der Waals surface area contributed by atoms with Crippen LogP contribution in [0.15, 0.2) is 109 Å². The molecule has 0 aliphatic rings. The second-order valence-electron chi connectivity index (χ2n) is 22.7. The highest BCUT2D eigenvalue weighted by molar-refractivity contribution is 7.47. The maximum Gasteiger partial charge on any atom is 0.472 e. The van der Waals surface area contributed by atoms with Crippen molar-refractivity contribution in [3.05, 3.63) is 109 Å². The highest BCUT2D eigenvalue weighted by atomic mass is 31.2. The third-order valence-electron chi connectivity index (χ3n) is 14.6. The number of nitrogens with two attached hydrogens (primary N) is 1. The number of carbonyl (C=O) groups is 2. The number of ether oxygens (including phenoxy) is 2. The molecule has 0 aromatic carbocycles. The lowest BCUT2D eigenvalue weighted by Crippen LogP contribution is -2.29. The van der Waals surface area contributed by atoms with Gasteiger partial charge < -0.3 is 20.1 Å². The second-order valence-corrected chi connectivity index (χ2v) is 24.1. The van der Waals surface area contributed by atoms with Gasteiger partial charge in [-0.15, -0.1) is 0 Å². The zero-order valence-corrected chi connectivity index (χ0v) is 54.5. The highest BCUT2D eigenvalue weighted by Crippen LogP contribution is 2.43. The summed E-state index contributed by atoms with van der Waals surface area (Å²) in [6.07, 6.45) is 93.3. The van der Waals surface area contributed by atoms with Gasteiger partial charge >= 0.3 is 19.8 Å². The van der Waals surface area contributed by atoms with Gasteiger partial charge in [-0.3, -0.25) is 18.6 Å². The molecule has 0 amide bonds. The standard InChI is InChI=1S/C73H128NO8P/c1-3-5-7-9-11-13-15-17-19-21-23-25-27-29-31-33-34-35-36-38-39-41-43-45-47-49-51-53-55-57-59-61-63-65-72(75)79-69-71(70-81-83(77,78)80-68-67-74)82-73(76)66-64-62-60-58-56-54-52-50-48-46-44-42-40-37-32-30-28-26-24-22-20-18-16-14-12-10-8-6-4-2/h6,8,12,14,18,20-21,23-24,26,30,32,40,42,46,48,52,54,71H,3-5,7,9-11,13,15-17,19,22,25,27-29,31,33-39,41,43-45,47,49-51,53,55-70,74H2,1-2H3,(H,77,78)/b8-6-,14-12-,20-18-,23-21-,26-24-,32-30-,42-40-,48-46-,54-52-. The van der Waals surface area contributed by atoms with E-state index in [0.29, 0.717) is 6.42 Å². The van der Waals surface area contributed by atoms with Crippen molar-refractivity contribution in [2.75, 3.05) is 26.4 Å². The number of allylic oxidation sites excluding steroid dienone is 18. The number of phosphoric ester groups is 1. The van der Waals surface area contributed by atoms with Gasteiger partial charge in [-0.2, -0.15) is 0 Å². The fourth-order valence-corrected chi connectivity index (χ4v) is 10.4. The van der Waals surface area contributed by atoms with E-state index >= 15 is 0 Å². The fraction of sp³-hybridized carbons (Fsp3) is 0.726. The Kier molecular flexibility index (Phi) is 65.1. The minimum Gasteiger partial charge on any atom is -0.462 e. The molecule has 0 rings (SSSR count). The Bertz CT molecular complexity index is 1730. The average Bonchev–Trinajstić information content (AvgIpc) is 3.49. The van der Waals surface area contributed by atoms with Crippen molar-refractivity contribution in [3.8, 4) is 0 Å². The molecule has 0 fully saturated rings. The first kappa shape index (κ1) is 79.7. The van der Waals surface area contributed by atoms with Crippen molar-refractivity contribution in [2.45, 2.75) is 315 Å². The summed E-state index contributed by atoms with van der Waals surface area (Å²) in [5, 5.41) is 0. The molecule has 0 aliphatic carbocycles. The topological polar surface area (TPSA) is 134 Å². The van der Waals surface area contributed by atoms with E-state index in [1.807, 2.05) is 0 Å². The molecule has 9 nitrogen and oxygen atoms in total. The summed E-state index contributed by atoms with van der Waals surface area (Å²) in [7, 11) is -4.41. The first-order valence-electron chi connectivity index (χ1n) is 34.4. The average molecular weight is 1180 g/mol. The molecule has 83 heavy (non-hydrogen) atoms. The smallest absolute Gasteiger partial charge is 0.462 e. The summed E-state index contributed by atoms with van der Waals surface area (Å²) < 4.78 is 33.1. The molecule has 0 spiro atoms. The zero-order valence-electron chi connectivity index (χ0n) is 53.7. The van der Waals surface area contributed by atoms with Gasteiger partial charge in [0.1, 0.15) is 6.61 Å². The summed E-state index contributed by atoms with van der Waals surface area (Å²) in [6, 6.07) is 0. The van der Waals surface area contributed by atoms with Crippen LogP contribution in [0.5, 0.6) is 0 Å². The molecular weight excluding hydrogens is 1050 g/mol. The van der Waals surface area contributed by atoms with Crippen molar-refractivity contribution in [2.24, 2.45) is 5.73 Å². The predicted octanol–water partition coefficient (Wildman–Crippen LogP) is 22.5. The van der Waals surface area contributed by atoms with Gasteiger partial charge in [-0.05, 0) is 103 Å². The van der Waals surface area contributed by atoms with Gasteiger partial charge in [-0.1, -0.05) is 303 Å². The van der Waals surface area contributed by atoms with Crippen molar-refractivity contribution in [1.29, 1.82) is 0 Å². The molecule has 2 atom stereocenters. The lowest BCUT2D eigenvalue weighted by atomic mass is 10.0. The number of carbonyl (C=O) groups excluding carboxylic acids is 2. The molecule has 478 valence electrons. The monoisotopic (exact) mass is 1180 g/mol. The fourth-order valence-electron chi connectivity index (χ4n) is 9.59. The third-order valence-corrected chi connectivity index (χ3v) is 15.6. The summed E-state index contributed by atoms with van der Waals surface area (Å²) >= 11 is 0. The van der Waals surface area contributed by atoms with Crippen molar-refractivity contribution < 1.29 is 37.6 Å². The van der Waals surface area contributed by atoms with E-state index in [2.05, 4.69) is 123 Å². The van der Waals surface area contributed by atoms with Gasteiger partial charge in [0.15, 0.2) is 6.10 Å². The lowest BCUT2D eigenvalue weighted by Gasteiger charge is -2.19. The van der Waals surface area contributed by atoms with Gasteiger partial charge in [0, 0.05) is 19.4 Å².